The van der Waals surface area contributed by atoms with Crippen molar-refractivity contribution in [3.05, 3.63) is 60.2 Å². The molecule has 0 spiro atoms. The number of para-hydroxylation sites is 2. The van der Waals surface area contributed by atoms with E-state index in [0.717, 1.165) is 37.3 Å². The summed E-state index contributed by atoms with van der Waals surface area (Å²) in [4.78, 5) is 16.7. The monoisotopic (exact) mass is 323 g/mol. The maximum Gasteiger partial charge on any atom is 0.321 e. The first kappa shape index (κ1) is 16.4. The summed E-state index contributed by atoms with van der Waals surface area (Å²) in [5.74, 6) is 0. The van der Waals surface area contributed by atoms with E-state index in [-0.39, 0.29) is 6.03 Å². The van der Waals surface area contributed by atoms with Crippen LogP contribution in [0.25, 0.3) is 0 Å². The third-order valence-electron chi connectivity index (χ3n) is 4.53. The number of benzene rings is 2. The van der Waals surface area contributed by atoms with Gasteiger partial charge in [0.15, 0.2) is 0 Å². The van der Waals surface area contributed by atoms with Crippen LogP contribution in [0.1, 0.15) is 18.9 Å². The van der Waals surface area contributed by atoms with Crippen LogP contribution in [0.3, 0.4) is 0 Å². The maximum atomic E-state index is 12.4. The van der Waals surface area contributed by atoms with Gasteiger partial charge >= 0.3 is 6.03 Å². The van der Waals surface area contributed by atoms with Gasteiger partial charge in [-0.2, -0.15) is 0 Å². The fourth-order valence-electron chi connectivity index (χ4n) is 3.11. The van der Waals surface area contributed by atoms with Crippen LogP contribution in [0.15, 0.2) is 54.6 Å². The molecule has 0 unspecified atom stereocenters. The van der Waals surface area contributed by atoms with E-state index in [0.29, 0.717) is 6.04 Å². The fourth-order valence-corrected chi connectivity index (χ4v) is 3.11. The molecule has 0 aliphatic carbocycles. The zero-order valence-electron chi connectivity index (χ0n) is 14.4. The summed E-state index contributed by atoms with van der Waals surface area (Å²) in [6, 6.07) is 18.7. The van der Waals surface area contributed by atoms with Crippen LogP contribution in [-0.4, -0.2) is 36.6 Å². The summed E-state index contributed by atoms with van der Waals surface area (Å²) in [5, 5.41) is 3.01. The first-order valence-electron chi connectivity index (χ1n) is 8.62. The molecule has 4 heteroatoms. The van der Waals surface area contributed by atoms with Crippen LogP contribution in [0, 0.1) is 6.92 Å². The first-order chi connectivity index (χ1) is 11.7. The molecule has 0 radical (unpaired) electrons. The number of nitrogens with zero attached hydrogens (tertiary/aromatic N) is 2. The Kier molecular flexibility index (Phi) is 5.04. The second-order valence-corrected chi connectivity index (χ2v) is 6.33. The number of nitrogens with one attached hydrogen (secondary N) is 1. The van der Waals surface area contributed by atoms with Gasteiger partial charge in [0.25, 0.3) is 0 Å². The Morgan fingerprint density at radius 1 is 1.12 bits per heavy atom. The number of rotatable bonds is 5. The van der Waals surface area contributed by atoms with E-state index >= 15 is 0 Å². The molecule has 0 saturated carbocycles. The highest BCUT2D eigenvalue weighted by Crippen LogP contribution is 2.24. The molecule has 2 aromatic carbocycles. The quantitative estimate of drug-likeness (QED) is 0.898. The third-order valence-corrected chi connectivity index (χ3v) is 4.53. The van der Waals surface area contributed by atoms with Gasteiger partial charge in [0, 0.05) is 31.0 Å². The molecule has 1 heterocycles. The van der Waals surface area contributed by atoms with E-state index in [9.17, 15) is 4.79 Å². The lowest BCUT2D eigenvalue weighted by Crippen LogP contribution is -2.62. The smallest absolute Gasteiger partial charge is 0.321 e. The van der Waals surface area contributed by atoms with E-state index in [1.807, 2.05) is 42.2 Å². The molecule has 24 heavy (non-hydrogen) atoms. The van der Waals surface area contributed by atoms with Crippen molar-refractivity contribution in [3.8, 4) is 0 Å². The standard InChI is InChI=1S/C20H25N3O/c1-3-13-23(17-10-5-4-6-11-17)18-14-22(15-18)20(24)21-19-12-8-7-9-16(19)2/h4-12,18H,3,13-15H2,1-2H3,(H,21,24). The first-order valence-corrected chi connectivity index (χ1v) is 8.62. The Bertz CT molecular complexity index is 680. The van der Waals surface area contributed by atoms with E-state index < -0.39 is 0 Å². The third kappa shape index (κ3) is 3.53. The van der Waals surface area contributed by atoms with Crippen molar-refractivity contribution in [1.82, 2.24) is 4.90 Å². The zero-order chi connectivity index (χ0) is 16.9. The number of anilines is 2. The minimum absolute atomic E-state index is 0.00920. The SMILES string of the molecule is CCCN(c1ccccc1)C1CN(C(=O)Nc2ccccc2C)C1. The number of urea groups is 1. The summed E-state index contributed by atoms with van der Waals surface area (Å²) < 4.78 is 0. The number of likely N-dealkylation sites (tertiary alicyclic amines) is 1. The second-order valence-electron chi connectivity index (χ2n) is 6.33. The molecule has 1 N–H and O–H groups in total. The minimum Gasteiger partial charge on any atom is -0.365 e. The van der Waals surface area contributed by atoms with E-state index in [1.54, 1.807) is 0 Å². The number of hydrogen-bond donors (Lipinski definition) is 1. The predicted molar refractivity (Wildman–Crippen MR) is 99.6 cm³/mol. The molecular formula is C20H25N3O. The Labute approximate surface area is 144 Å². The number of carbonyl (C=O) groups is 1. The van der Waals surface area contributed by atoms with Gasteiger partial charge in [-0.05, 0) is 37.1 Å². The number of amides is 2. The number of hydrogen-bond acceptors (Lipinski definition) is 2. The Hall–Kier alpha value is -2.49. The van der Waals surface area contributed by atoms with Crippen LogP contribution < -0.4 is 10.2 Å². The Morgan fingerprint density at radius 3 is 2.46 bits per heavy atom. The largest absolute Gasteiger partial charge is 0.365 e. The lowest BCUT2D eigenvalue weighted by molar-refractivity contribution is 0.161. The summed E-state index contributed by atoms with van der Waals surface area (Å²) in [7, 11) is 0. The van der Waals surface area contributed by atoms with Crippen LogP contribution in [0.2, 0.25) is 0 Å². The number of aryl methyl sites for hydroxylation is 1. The average Bonchev–Trinajstić information content (AvgIpc) is 2.56. The van der Waals surface area contributed by atoms with Gasteiger partial charge in [-0.25, -0.2) is 4.79 Å². The molecule has 1 aliphatic heterocycles. The lowest BCUT2D eigenvalue weighted by atomic mass is 10.1. The topological polar surface area (TPSA) is 35.6 Å². The van der Waals surface area contributed by atoms with Crippen molar-refractivity contribution in [2.24, 2.45) is 0 Å². The summed E-state index contributed by atoms with van der Waals surface area (Å²) in [6.45, 7) is 6.76. The average molecular weight is 323 g/mol. The van der Waals surface area contributed by atoms with Crippen molar-refractivity contribution in [2.45, 2.75) is 26.3 Å². The summed E-state index contributed by atoms with van der Waals surface area (Å²) in [6.07, 6.45) is 1.10. The molecule has 0 aromatic heterocycles. The highest BCUT2D eigenvalue weighted by Gasteiger charge is 2.34. The number of carbonyl (C=O) groups excluding carboxylic acids is 1. The van der Waals surface area contributed by atoms with Gasteiger partial charge in [0.05, 0.1) is 6.04 Å². The molecular weight excluding hydrogens is 298 g/mol. The second kappa shape index (κ2) is 7.39. The predicted octanol–water partition coefficient (Wildman–Crippen LogP) is 4.13. The lowest BCUT2D eigenvalue weighted by Gasteiger charge is -2.46. The van der Waals surface area contributed by atoms with Crippen LogP contribution in [-0.2, 0) is 0 Å². The van der Waals surface area contributed by atoms with Crippen LogP contribution in [0.5, 0.6) is 0 Å². The van der Waals surface area contributed by atoms with Crippen molar-refractivity contribution in [2.75, 3.05) is 29.9 Å². The Balaban J connectivity index is 1.59. The minimum atomic E-state index is -0.00920. The van der Waals surface area contributed by atoms with Crippen molar-refractivity contribution in [1.29, 1.82) is 0 Å². The van der Waals surface area contributed by atoms with Gasteiger partial charge < -0.3 is 15.1 Å². The molecule has 3 rings (SSSR count). The highest BCUT2D eigenvalue weighted by atomic mass is 16.2. The summed E-state index contributed by atoms with van der Waals surface area (Å²) >= 11 is 0. The van der Waals surface area contributed by atoms with E-state index in [1.165, 1.54) is 5.69 Å². The fraction of sp³-hybridized carbons (Fsp3) is 0.350. The molecule has 0 atom stereocenters. The van der Waals surface area contributed by atoms with Gasteiger partial charge in [0.2, 0.25) is 0 Å². The van der Waals surface area contributed by atoms with E-state index in [4.69, 9.17) is 0 Å². The summed E-state index contributed by atoms with van der Waals surface area (Å²) in [5.41, 5.74) is 3.21. The van der Waals surface area contributed by atoms with Gasteiger partial charge in [-0.1, -0.05) is 43.3 Å². The highest BCUT2D eigenvalue weighted by molar-refractivity contribution is 5.90. The molecule has 4 nitrogen and oxygen atoms in total. The van der Waals surface area contributed by atoms with Gasteiger partial charge in [-0.15, -0.1) is 0 Å². The molecule has 126 valence electrons. The maximum absolute atomic E-state index is 12.4. The molecule has 2 aromatic rings. The molecule has 2 amide bonds. The van der Waals surface area contributed by atoms with Crippen molar-refractivity contribution in [3.63, 3.8) is 0 Å². The van der Waals surface area contributed by atoms with Crippen molar-refractivity contribution < 1.29 is 4.79 Å². The van der Waals surface area contributed by atoms with E-state index in [2.05, 4.69) is 41.4 Å². The zero-order valence-corrected chi connectivity index (χ0v) is 14.4. The normalized spacial score (nSPS) is 14.2. The molecule has 0 bridgehead atoms. The van der Waals surface area contributed by atoms with Gasteiger partial charge in [-0.3, -0.25) is 0 Å². The molecule has 1 saturated heterocycles. The molecule has 1 aliphatic rings. The van der Waals surface area contributed by atoms with Gasteiger partial charge in [0.1, 0.15) is 0 Å². The van der Waals surface area contributed by atoms with Crippen molar-refractivity contribution >= 4 is 17.4 Å². The Morgan fingerprint density at radius 2 is 1.79 bits per heavy atom. The van der Waals surface area contributed by atoms with Crippen LogP contribution in [0.4, 0.5) is 16.2 Å². The molecule has 1 fully saturated rings. The van der Waals surface area contributed by atoms with Crippen LogP contribution >= 0.6 is 0 Å².